The maximum Gasteiger partial charge on any atom is 0.410 e. The second kappa shape index (κ2) is 8.78. The molecular weight excluding hydrogens is 466 g/mol. The van der Waals surface area contributed by atoms with Crippen LogP contribution in [0.1, 0.15) is 76.8 Å². The minimum absolute atomic E-state index is 0.232. The number of imidazole rings is 1. The summed E-state index contributed by atoms with van der Waals surface area (Å²) in [4.78, 5) is 32.0. The lowest BCUT2D eigenvalue weighted by Crippen LogP contribution is -2.41. The number of anilines is 1. The Balaban J connectivity index is 1.43. The molecular formula is C29H35N5O3. The first-order valence-corrected chi connectivity index (χ1v) is 13.4. The number of nitrogen functional groups attached to an aromatic ring is 1. The summed E-state index contributed by atoms with van der Waals surface area (Å²) in [5, 5.41) is 0.476. The van der Waals surface area contributed by atoms with Gasteiger partial charge in [0.1, 0.15) is 5.60 Å². The van der Waals surface area contributed by atoms with E-state index in [1.807, 2.05) is 37.8 Å². The zero-order chi connectivity index (χ0) is 25.9. The first-order valence-electron chi connectivity index (χ1n) is 13.4. The van der Waals surface area contributed by atoms with Gasteiger partial charge in [-0.25, -0.2) is 4.79 Å². The number of benzene rings is 2. The van der Waals surface area contributed by atoms with Crippen molar-refractivity contribution in [2.24, 2.45) is 0 Å². The van der Waals surface area contributed by atoms with Crippen molar-refractivity contribution >= 4 is 39.5 Å². The van der Waals surface area contributed by atoms with Crippen LogP contribution in [0.3, 0.4) is 0 Å². The number of ether oxygens (including phenoxy) is 1. The molecule has 2 N–H and O–H groups in total. The van der Waals surface area contributed by atoms with E-state index in [9.17, 15) is 9.59 Å². The van der Waals surface area contributed by atoms with Crippen molar-refractivity contribution in [2.45, 2.75) is 76.9 Å². The molecule has 1 saturated heterocycles. The molecule has 0 unspecified atom stereocenters. The molecule has 1 saturated carbocycles. The second-order valence-corrected chi connectivity index (χ2v) is 11.6. The van der Waals surface area contributed by atoms with Crippen LogP contribution in [0.25, 0.3) is 27.7 Å². The minimum atomic E-state index is -0.489. The van der Waals surface area contributed by atoms with Crippen molar-refractivity contribution in [1.29, 1.82) is 0 Å². The highest BCUT2D eigenvalue weighted by molar-refractivity contribution is 5.95. The van der Waals surface area contributed by atoms with Crippen LogP contribution in [-0.4, -0.2) is 43.6 Å². The summed E-state index contributed by atoms with van der Waals surface area (Å²) in [5.41, 5.74) is 10.1. The van der Waals surface area contributed by atoms with E-state index in [0.29, 0.717) is 41.9 Å². The highest BCUT2D eigenvalue weighted by Crippen LogP contribution is 2.38. The number of carbonyl (C=O) groups is 1. The van der Waals surface area contributed by atoms with Crippen molar-refractivity contribution in [2.75, 3.05) is 18.8 Å². The maximum atomic E-state index is 13.1. The first kappa shape index (κ1) is 23.8. The number of nitrogens with two attached hydrogens (primary N) is 1. The maximum absolute atomic E-state index is 13.1. The third-order valence-corrected chi connectivity index (χ3v) is 7.95. The number of amides is 1. The third kappa shape index (κ3) is 4.12. The summed E-state index contributed by atoms with van der Waals surface area (Å²) in [7, 11) is 0. The molecule has 37 heavy (non-hydrogen) atoms. The Labute approximate surface area is 216 Å². The van der Waals surface area contributed by atoms with Gasteiger partial charge in [-0.3, -0.25) is 9.20 Å². The Bertz CT molecular complexity index is 1560. The van der Waals surface area contributed by atoms with Crippen LogP contribution in [0.2, 0.25) is 0 Å². The van der Waals surface area contributed by atoms with Crippen molar-refractivity contribution < 1.29 is 9.53 Å². The SMILES string of the molecule is CC(C)(C)OC(=O)N1CCC(c2ccc3c(c2)n(C2CCCC2)c2nc(=O)c4c(N)cccc4n32)CC1. The van der Waals surface area contributed by atoms with E-state index >= 15 is 0 Å². The zero-order valence-corrected chi connectivity index (χ0v) is 21.9. The Morgan fingerprint density at radius 2 is 1.73 bits per heavy atom. The van der Waals surface area contributed by atoms with Crippen LogP contribution in [0.15, 0.2) is 41.2 Å². The van der Waals surface area contributed by atoms with Gasteiger partial charge in [0.05, 0.1) is 21.9 Å². The van der Waals surface area contributed by atoms with Crippen LogP contribution in [0, 0.1) is 0 Å². The number of hydrogen-bond acceptors (Lipinski definition) is 5. The third-order valence-electron chi connectivity index (χ3n) is 7.95. The Hall–Kier alpha value is -3.55. The average molecular weight is 502 g/mol. The summed E-state index contributed by atoms with van der Waals surface area (Å²) >= 11 is 0. The molecule has 2 aliphatic rings. The molecule has 2 fully saturated rings. The van der Waals surface area contributed by atoms with E-state index in [1.54, 1.807) is 6.07 Å². The summed E-state index contributed by atoms with van der Waals surface area (Å²) in [6.45, 7) is 7.07. The van der Waals surface area contributed by atoms with Gasteiger partial charge in [0.15, 0.2) is 0 Å². The normalized spacial score (nSPS) is 17.9. The molecule has 8 nitrogen and oxygen atoms in total. The molecule has 0 spiro atoms. The summed E-state index contributed by atoms with van der Waals surface area (Å²) < 4.78 is 9.98. The molecule has 3 heterocycles. The van der Waals surface area contributed by atoms with E-state index in [2.05, 4.69) is 32.2 Å². The quantitative estimate of drug-likeness (QED) is 0.360. The molecule has 0 radical (unpaired) electrons. The van der Waals surface area contributed by atoms with Gasteiger partial charge in [0.25, 0.3) is 5.56 Å². The smallest absolute Gasteiger partial charge is 0.410 e. The Morgan fingerprint density at radius 3 is 2.43 bits per heavy atom. The monoisotopic (exact) mass is 501 g/mol. The highest BCUT2D eigenvalue weighted by atomic mass is 16.6. The molecule has 4 aromatic rings. The summed E-state index contributed by atoms with van der Waals surface area (Å²) in [6.07, 6.45) is 6.10. The fourth-order valence-corrected chi connectivity index (χ4v) is 6.21. The lowest BCUT2D eigenvalue weighted by Gasteiger charge is -2.33. The van der Waals surface area contributed by atoms with E-state index in [1.165, 1.54) is 18.4 Å². The lowest BCUT2D eigenvalue weighted by atomic mass is 9.89. The summed E-state index contributed by atoms with van der Waals surface area (Å²) in [6, 6.07) is 12.6. The molecule has 1 aliphatic heterocycles. The standard InChI is InChI=1S/C29H35N5O3/c1-29(2,3)37-28(36)32-15-13-18(14-16-32)19-11-12-22-24(17-19)33(20-7-4-5-8-20)27-31-26(35)25-21(30)9-6-10-23(25)34(22)27/h6,9-12,17-18,20H,4-5,7-8,13-16,30H2,1-3H3. The highest BCUT2D eigenvalue weighted by Gasteiger charge is 2.29. The number of hydrogen-bond donors (Lipinski definition) is 1. The molecule has 1 amide bonds. The van der Waals surface area contributed by atoms with Gasteiger partial charge in [0, 0.05) is 24.8 Å². The number of nitrogens with zero attached hydrogens (tertiary/aromatic N) is 4. The Kier molecular flexibility index (Phi) is 5.66. The molecule has 2 aromatic heterocycles. The van der Waals surface area contributed by atoms with Gasteiger partial charge in [0.2, 0.25) is 5.78 Å². The van der Waals surface area contributed by atoms with Gasteiger partial charge >= 0.3 is 6.09 Å². The second-order valence-electron chi connectivity index (χ2n) is 11.6. The molecule has 0 atom stereocenters. The van der Waals surface area contributed by atoms with Gasteiger partial charge in [-0.05, 0) is 82.2 Å². The van der Waals surface area contributed by atoms with Crippen LogP contribution < -0.4 is 11.3 Å². The summed E-state index contributed by atoms with van der Waals surface area (Å²) in [5.74, 6) is 1.06. The van der Waals surface area contributed by atoms with Crippen molar-refractivity contribution in [1.82, 2.24) is 18.9 Å². The molecule has 8 heteroatoms. The van der Waals surface area contributed by atoms with E-state index in [0.717, 1.165) is 42.2 Å². The largest absolute Gasteiger partial charge is 0.444 e. The molecule has 6 rings (SSSR count). The fourth-order valence-electron chi connectivity index (χ4n) is 6.21. The number of likely N-dealkylation sites (tertiary alicyclic amines) is 1. The number of piperidine rings is 1. The lowest BCUT2D eigenvalue weighted by molar-refractivity contribution is 0.0205. The molecule has 1 aliphatic carbocycles. The Morgan fingerprint density at radius 1 is 1.00 bits per heavy atom. The van der Waals surface area contributed by atoms with Gasteiger partial charge in [-0.2, -0.15) is 4.98 Å². The van der Waals surface area contributed by atoms with E-state index in [4.69, 9.17) is 10.5 Å². The van der Waals surface area contributed by atoms with Crippen molar-refractivity contribution in [3.05, 3.63) is 52.3 Å². The predicted octanol–water partition coefficient (Wildman–Crippen LogP) is 5.61. The average Bonchev–Trinajstić information content (AvgIpc) is 3.48. The number of fused-ring (bicyclic) bond motifs is 5. The van der Waals surface area contributed by atoms with Crippen LogP contribution >= 0.6 is 0 Å². The van der Waals surface area contributed by atoms with Gasteiger partial charge in [-0.1, -0.05) is 25.0 Å². The number of aromatic nitrogens is 3. The van der Waals surface area contributed by atoms with Crippen molar-refractivity contribution in [3.63, 3.8) is 0 Å². The topological polar surface area (TPSA) is 94.9 Å². The predicted molar refractivity (Wildman–Crippen MR) is 146 cm³/mol. The van der Waals surface area contributed by atoms with E-state index in [-0.39, 0.29) is 11.7 Å². The number of rotatable bonds is 2. The van der Waals surface area contributed by atoms with Gasteiger partial charge in [-0.15, -0.1) is 0 Å². The fraction of sp³-hybridized carbons (Fsp3) is 0.483. The number of carbonyl (C=O) groups excluding carboxylic acids is 1. The van der Waals surface area contributed by atoms with Crippen LogP contribution in [0.5, 0.6) is 0 Å². The molecule has 0 bridgehead atoms. The van der Waals surface area contributed by atoms with Crippen LogP contribution in [-0.2, 0) is 4.74 Å². The molecule has 2 aromatic carbocycles. The molecule has 194 valence electrons. The van der Waals surface area contributed by atoms with E-state index < -0.39 is 5.60 Å². The zero-order valence-electron chi connectivity index (χ0n) is 21.9. The first-order chi connectivity index (χ1) is 17.7. The van der Waals surface area contributed by atoms with Crippen molar-refractivity contribution in [3.8, 4) is 0 Å². The van der Waals surface area contributed by atoms with Gasteiger partial charge < -0.3 is 19.9 Å². The minimum Gasteiger partial charge on any atom is -0.444 e. The van der Waals surface area contributed by atoms with Crippen LogP contribution in [0.4, 0.5) is 10.5 Å².